The topological polar surface area (TPSA) is 32.5 Å². The molecule has 2 N–H and O–H groups in total. The molecule has 1 heterocycles. The van der Waals surface area contributed by atoms with Gasteiger partial charge in [-0.3, -0.25) is 0 Å². The molecule has 1 aromatic carbocycles. The van der Waals surface area contributed by atoms with Crippen LogP contribution in [0.2, 0.25) is 5.02 Å². The summed E-state index contributed by atoms with van der Waals surface area (Å²) in [4.78, 5) is 4.77. The van der Waals surface area contributed by atoms with E-state index in [0.717, 1.165) is 29.4 Å². The number of anilines is 1. The Kier molecular flexibility index (Phi) is 4.87. The highest BCUT2D eigenvalue weighted by Crippen LogP contribution is 2.22. The fourth-order valence-corrected chi connectivity index (χ4v) is 2.62. The van der Waals surface area contributed by atoms with Crippen LogP contribution in [-0.2, 0) is 6.54 Å². The Bertz CT molecular complexity index is 389. The van der Waals surface area contributed by atoms with Crippen molar-refractivity contribution in [2.75, 3.05) is 38.1 Å². The predicted octanol–water partition coefficient (Wildman–Crippen LogP) is 2.33. The van der Waals surface area contributed by atoms with E-state index < -0.39 is 0 Å². The van der Waals surface area contributed by atoms with Crippen molar-refractivity contribution in [3.8, 4) is 0 Å². The first-order valence-corrected chi connectivity index (χ1v) is 7.00. The maximum atomic E-state index is 6.18. The highest BCUT2D eigenvalue weighted by molar-refractivity contribution is 6.31. The van der Waals surface area contributed by atoms with Gasteiger partial charge in [-0.1, -0.05) is 17.7 Å². The van der Waals surface area contributed by atoms with Gasteiger partial charge in [0.25, 0.3) is 0 Å². The third kappa shape index (κ3) is 3.37. The van der Waals surface area contributed by atoms with E-state index in [9.17, 15) is 0 Å². The van der Waals surface area contributed by atoms with Gasteiger partial charge in [0.1, 0.15) is 0 Å². The lowest BCUT2D eigenvalue weighted by Gasteiger charge is -2.23. The van der Waals surface area contributed by atoms with Crippen molar-refractivity contribution >= 4 is 17.3 Å². The molecule has 0 saturated carbocycles. The van der Waals surface area contributed by atoms with E-state index in [1.807, 2.05) is 12.1 Å². The van der Waals surface area contributed by atoms with Crippen LogP contribution >= 0.6 is 11.6 Å². The maximum absolute atomic E-state index is 6.18. The second-order valence-corrected chi connectivity index (χ2v) is 5.36. The van der Waals surface area contributed by atoms with Crippen LogP contribution in [0.5, 0.6) is 0 Å². The highest BCUT2D eigenvalue weighted by Gasteiger charge is 2.12. The van der Waals surface area contributed by atoms with E-state index in [0.29, 0.717) is 6.54 Å². The molecular weight excluding hydrogens is 246 g/mol. The van der Waals surface area contributed by atoms with Crippen LogP contribution in [0.1, 0.15) is 18.4 Å². The Hall–Kier alpha value is -0.770. The number of halogens is 1. The van der Waals surface area contributed by atoms with Gasteiger partial charge in [0, 0.05) is 37.4 Å². The molecule has 0 aromatic heterocycles. The van der Waals surface area contributed by atoms with Crippen LogP contribution in [-0.4, -0.2) is 38.1 Å². The lowest BCUT2D eigenvalue weighted by Crippen LogP contribution is -2.31. The smallest absolute Gasteiger partial charge is 0.0471 e. The van der Waals surface area contributed by atoms with Gasteiger partial charge >= 0.3 is 0 Å². The van der Waals surface area contributed by atoms with Gasteiger partial charge < -0.3 is 15.5 Å². The minimum absolute atomic E-state index is 0.497. The molecular formula is C14H22ClN3. The number of nitrogens with two attached hydrogens (primary N) is 1. The zero-order valence-electron chi connectivity index (χ0n) is 11.0. The normalized spacial score (nSPS) is 16.2. The number of hydrogen-bond donors (Lipinski definition) is 1. The fraction of sp³-hybridized carbons (Fsp3) is 0.571. The lowest BCUT2D eigenvalue weighted by atomic mass is 10.2. The average molecular weight is 268 g/mol. The highest BCUT2D eigenvalue weighted by atomic mass is 35.5. The number of benzene rings is 1. The van der Waals surface area contributed by atoms with Gasteiger partial charge in [-0.2, -0.15) is 0 Å². The lowest BCUT2D eigenvalue weighted by molar-refractivity contribution is 0.346. The predicted molar refractivity (Wildman–Crippen MR) is 78.3 cm³/mol. The molecule has 0 radical (unpaired) electrons. The molecule has 0 amide bonds. The molecule has 1 aliphatic heterocycles. The van der Waals surface area contributed by atoms with Crippen LogP contribution in [0, 0.1) is 0 Å². The molecule has 4 heteroatoms. The van der Waals surface area contributed by atoms with Crippen LogP contribution < -0.4 is 10.6 Å². The minimum Gasteiger partial charge on any atom is -0.373 e. The third-order valence-corrected chi connectivity index (χ3v) is 4.00. The molecule has 100 valence electrons. The molecule has 0 atom stereocenters. The third-order valence-electron chi connectivity index (χ3n) is 3.65. The minimum atomic E-state index is 0.497. The number of likely N-dealkylation sites (tertiary alicyclic amines) is 1. The Balaban J connectivity index is 1.91. The van der Waals surface area contributed by atoms with Crippen LogP contribution in [0.25, 0.3) is 0 Å². The molecule has 1 aromatic rings. The van der Waals surface area contributed by atoms with Crippen LogP contribution in [0.3, 0.4) is 0 Å². The molecule has 0 aliphatic carbocycles. The summed E-state index contributed by atoms with van der Waals surface area (Å²) in [5.41, 5.74) is 7.78. The van der Waals surface area contributed by atoms with Crippen molar-refractivity contribution in [2.45, 2.75) is 19.4 Å². The van der Waals surface area contributed by atoms with E-state index in [1.165, 1.54) is 25.9 Å². The van der Waals surface area contributed by atoms with Crippen molar-refractivity contribution in [1.29, 1.82) is 0 Å². The molecule has 3 nitrogen and oxygen atoms in total. The summed E-state index contributed by atoms with van der Waals surface area (Å²) < 4.78 is 0. The Morgan fingerprint density at radius 2 is 2.06 bits per heavy atom. The quantitative estimate of drug-likeness (QED) is 0.889. The molecule has 0 bridgehead atoms. The van der Waals surface area contributed by atoms with Crippen molar-refractivity contribution in [3.63, 3.8) is 0 Å². The Morgan fingerprint density at radius 3 is 2.67 bits per heavy atom. The van der Waals surface area contributed by atoms with Gasteiger partial charge in [-0.15, -0.1) is 0 Å². The zero-order chi connectivity index (χ0) is 13.0. The Morgan fingerprint density at radius 1 is 1.33 bits per heavy atom. The first-order valence-electron chi connectivity index (χ1n) is 6.62. The number of likely N-dealkylation sites (N-methyl/N-ethyl adjacent to an activating group) is 1. The summed E-state index contributed by atoms with van der Waals surface area (Å²) >= 11 is 6.18. The zero-order valence-corrected chi connectivity index (χ0v) is 11.8. The van der Waals surface area contributed by atoms with Crippen molar-refractivity contribution in [1.82, 2.24) is 4.90 Å². The molecule has 1 saturated heterocycles. The summed E-state index contributed by atoms with van der Waals surface area (Å²) in [6.07, 6.45) is 2.70. The van der Waals surface area contributed by atoms with Crippen molar-refractivity contribution in [2.24, 2.45) is 5.73 Å². The van der Waals surface area contributed by atoms with Crippen molar-refractivity contribution in [3.05, 3.63) is 28.8 Å². The summed E-state index contributed by atoms with van der Waals surface area (Å²) in [7, 11) is 2.11. The molecule has 0 spiro atoms. The van der Waals surface area contributed by atoms with Crippen molar-refractivity contribution < 1.29 is 0 Å². The standard InChI is InChI=1S/C14H22ClN3/c1-17(8-9-18-6-2-3-7-18)13-5-4-12(11-16)14(15)10-13/h4-5,10H,2-3,6-9,11,16H2,1H3. The van der Waals surface area contributed by atoms with E-state index in [2.05, 4.69) is 22.9 Å². The molecule has 0 unspecified atom stereocenters. The summed E-state index contributed by atoms with van der Waals surface area (Å²) in [6, 6.07) is 6.12. The van der Waals surface area contributed by atoms with E-state index >= 15 is 0 Å². The van der Waals surface area contributed by atoms with Gasteiger partial charge in [0.05, 0.1) is 0 Å². The fourth-order valence-electron chi connectivity index (χ4n) is 2.37. The first-order chi connectivity index (χ1) is 8.70. The molecule has 2 rings (SSSR count). The van der Waals surface area contributed by atoms with E-state index in [4.69, 9.17) is 17.3 Å². The largest absolute Gasteiger partial charge is 0.373 e. The summed E-state index contributed by atoms with van der Waals surface area (Å²) in [5, 5.41) is 0.767. The Labute approximate surface area is 115 Å². The van der Waals surface area contributed by atoms with Gasteiger partial charge in [0.2, 0.25) is 0 Å². The second kappa shape index (κ2) is 6.41. The van der Waals surface area contributed by atoms with Crippen LogP contribution in [0.15, 0.2) is 18.2 Å². The number of rotatable bonds is 5. The molecule has 1 fully saturated rings. The van der Waals surface area contributed by atoms with E-state index in [1.54, 1.807) is 0 Å². The molecule has 1 aliphatic rings. The van der Waals surface area contributed by atoms with Crippen LogP contribution in [0.4, 0.5) is 5.69 Å². The number of hydrogen-bond acceptors (Lipinski definition) is 3. The molecule has 18 heavy (non-hydrogen) atoms. The summed E-state index contributed by atoms with van der Waals surface area (Å²) in [5.74, 6) is 0. The van der Waals surface area contributed by atoms with Gasteiger partial charge in [0.15, 0.2) is 0 Å². The van der Waals surface area contributed by atoms with E-state index in [-0.39, 0.29) is 0 Å². The monoisotopic (exact) mass is 267 g/mol. The SMILES string of the molecule is CN(CCN1CCCC1)c1ccc(CN)c(Cl)c1. The first kappa shape index (κ1) is 13.7. The second-order valence-electron chi connectivity index (χ2n) is 4.95. The van der Waals surface area contributed by atoms with Gasteiger partial charge in [-0.05, 0) is 43.6 Å². The maximum Gasteiger partial charge on any atom is 0.0471 e. The summed E-state index contributed by atoms with van der Waals surface area (Å²) in [6.45, 7) is 5.17. The average Bonchev–Trinajstić information content (AvgIpc) is 2.89. The number of nitrogens with zero attached hydrogens (tertiary/aromatic N) is 2. The van der Waals surface area contributed by atoms with Gasteiger partial charge in [-0.25, -0.2) is 0 Å².